The van der Waals surface area contributed by atoms with E-state index in [-0.39, 0.29) is 9.80 Å². The number of fused-ring (bicyclic) bond motifs is 1. The molecular weight excluding hydrogens is 308 g/mol. The molecule has 1 aromatic rings. The Hall–Kier alpha value is -1.14. The number of carboxylic acids is 1. The first-order valence-electron chi connectivity index (χ1n) is 4.83. The van der Waals surface area contributed by atoms with Gasteiger partial charge in [-0.1, -0.05) is 22.0 Å². The molecule has 6 heteroatoms. The number of hydrogen-bond donors (Lipinski definition) is 1. The summed E-state index contributed by atoms with van der Waals surface area (Å²) in [6.07, 6.45) is 1.42. The molecule has 90 valence electrons. The zero-order valence-corrected chi connectivity index (χ0v) is 11.2. The lowest BCUT2D eigenvalue weighted by atomic mass is 10.1. The first-order chi connectivity index (χ1) is 7.85. The van der Waals surface area contributed by atoms with Gasteiger partial charge >= 0.3 is 5.97 Å². The highest BCUT2D eigenvalue weighted by molar-refractivity contribution is 9.10. The van der Waals surface area contributed by atoms with Crippen molar-refractivity contribution in [2.75, 3.05) is 0 Å². The summed E-state index contributed by atoms with van der Waals surface area (Å²) >= 11 is 3.26. The molecule has 1 N–H and O–H groups in total. The van der Waals surface area contributed by atoms with E-state index in [9.17, 15) is 13.2 Å². The minimum absolute atomic E-state index is 0.0631. The Morgan fingerprint density at radius 1 is 1.41 bits per heavy atom. The van der Waals surface area contributed by atoms with E-state index in [1.165, 1.54) is 19.1 Å². The average Bonchev–Trinajstić information content (AvgIpc) is 2.51. The van der Waals surface area contributed by atoms with Crippen LogP contribution < -0.4 is 0 Å². The van der Waals surface area contributed by atoms with Crippen molar-refractivity contribution in [2.45, 2.75) is 11.8 Å². The van der Waals surface area contributed by atoms with Gasteiger partial charge < -0.3 is 5.11 Å². The molecule has 1 atom stereocenters. The van der Waals surface area contributed by atoms with E-state index in [4.69, 9.17) is 5.11 Å². The summed E-state index contributed by atoms with van der Waals surface area (Å²) in [7, 11) is -3.66. The summed E-state index contributed by atoms with van der Waals surface area (Å²) in [6, 6.07) is 4.81. The number of benzene rings is 1. The minimum atomic E-state index is -3.66. The second-order valence-electron chi connectivity index (χ2n) is 3.76. The van der Waals surface area contributed by atoms with Gasteiger partial charge in [0, 0.05) is 10.0 Å². The molecule has 1 aromatic carbocycles. The third-order valence-electron chi connectivity index (χ3n) is 2.70. The monoisotopic (exact) mass is 316 g/mol. The molecule has 0 bridgehead atoms. The highest BCUT2D eigenvalue weighted by atomic mass is 79.9. The summed E-state index contributed by atoms with van der Waals surface area (Å²) in [6.45, 7) is 1.37. The standard InChI is InChI=1S/C11H9BrO4S/c1-6(11(13)14)10-5-7-8(12)3-2-4-9(7)17(10,15)16/h2-6H,1H3,(H,13,14). The lowest BCUT2D eigenvalue weighted by molar-refractivity contribution is -0.139. The molecule has 17 heavy (non-hydrogen) atoms. The van der Waals surface area contributed by atoms with Gasteiger partial charge in [0.15, 0.2) is 0 Å². The van der Waals surface area contributed by atoms with Crippen LogP contribution in [-0.4, -0.2) is 19.5 Å². The summed E-state index contributed by atoms with van der Waals surface area (Å²) in [5.74, 6) is -2.19. The van der Waals surface area contributed by atoms with Crippen molar-refractivity contribution in [3.8, 4) is 0 Å². The van der Waals surface area contributed by atoms with E-state index in [1.807, 2.05) is 0 Å². The summed E-state index contributed by atoms with van der Waals surface area (Å²) in [4.78, 5) is 11.0. The second kappa shape index (κ2) is 3.96. The van der Waals surface area contributed by atoms with Gasteiger partial charge in [0.05, 0.1) is 15.7 Å². The number of rotatable bonds is 2. The fourth-order valence-electron chi connectivity index (χ4n) is 1.72. The van der Waals surface area contributed by atoms with Crippen LogP contribution in [0.2, 0.25) is 0 Å². The average molecular weight is 317 g/mol. The van der Waals surface area contributed by atoms with Crippen LogP contribution in [0.25, 0.3) is 6.08 Å². The number of carboxylic acid groups (broad SMARTS) is 1. The van der Waals surface area contributed by atoms with Crippen molar-refractivity contribution < 1.29 is 18.3 Å². The van der Waals surface area contributed by atoms with Crippen LogP contribution in [0.4, 0.5) is 0 Å². The molecule has 0 radical (unpaired) electrons. The van der Waals surface area contributed by atoms with Gasteiger partial charge in [-0.25, -0.2) is 8.42 Å². The smallest absolute Gasteiger partial charge is 0.311 e. The van der Waals surface area contributed by atoms with E-state index in [2.05, 4.69) is 15.9 Å². The van der Waals surface area contributed by atoms with E-state index >= 15 is 0 Å². The van der Waals surface area contributed by atoms with Crippen LogP contribution in [-0.2, 0) is 14.6 Å². The van der Waals surface area contributed by atoms with Crippen molar-refractivity contribution in [2.24, 2.45) is 5.92 Å². The van der Waals surface area contributed by atoms with Crippen molar-refractivity contribution in [1.82, 2.24) is 0 Å². The zero-order valence-electron chi connectivity index (χ0n) is 8.84. The molecule has 4 nitrogen and oxygen atoms in total. The maximum absolute atomic E-state index is 12.1. The van der Waals surface area contributed by atoms with Gasteiger partial charge in [-0.15, -0.1) is 0 Å². The Bertz CT molecular complexity index is 631. The van der Waals surface area contributed by atoms with Crippen LogP contribution in [0.1, 0.15) is 12.5 Å². The molecule has 0 saturated carbocycles. The highest BCUT2D eigenvalue weighted by Gasteiger charge is 2.36. The van der Waals surface area contributed by atoms with Gasteiger partial charge in [0.25, 0.3) is 0 Å². The van der Waals surface area contributed by atoms with E-state index < -0.39 is 21.7 Å². The van der Waals surface area contributed by atoms with Crippen LogP contribution in [0, 0.1) is 5.92 Å². The largest absolute Gasteiger partial charge is 0.481 e. The fourth-order valence-corrected chi connectivity index (χ4v) is 4.14. The van der Waals surface area contributed by atoms with Gasteiger partial charge in [-0.05, 0) is 25.1 Å². The first-order valence-corrected chi connectivity index (χ1v) is 7.11. The maximum atomic E-state index is 12.1. The molecule has 1 unspecified atom stereocenters. The van der Waals surface area contributed by atoms with E-state index in [1.54, 1.807) is 12.1 Å². The van der Waals surface area contributed by atoms with Gasteiger partial charge in [0.1, 0.15) is 0 Å². The predicted molar refractivity (Wildman–Crippen MR) is 66.1 cm³/mol. The fraction of sp³-hybridized carbons (Fsp3) is 0.182. The van der Waals surface area contributed by atoms with Crippen LogP contribution >= 0.6 is 15.9 Å². The lowest BCUT2D eigenvalue weighted by Gasteiger charge is -2.07. The molecule has 0 aromatic heterocycles. The molecule has 1 aliphatic heterocycles. The Balaban J connectivity index is 2.67. The Morgan fingerprint density at radius 3 is 2.59 bits per heavy atom. The third kappa shape index (κ3) is 1.81. The van der Waals surface area contributed by atoms with Crippen molar-refractivity contribution in [1.29, 1.82) is 0 Å². The molecule has 0 spiro atoms. The summed E-state index contributed by atoms with van der Waals surface area (Å²) in [5.41, 5.74) is 0.524. The highest BCUT2D eigenvalue weighted by Crippen LogP contribution is 2.39. The van der Waals surface area contributed by atoms with Crippen molar-refractivity contribution >= 4 is 37.8 Å². The third-order valence-corrected chi connectivity index (χ3v) is 5.42. The lowest BCUT2D eigenvalue weighted by Crippen LogP contribution is -2.16. The first kappa shape index (κ1) is 12.3. The number of sulfone groups is 1. The van der Waals surface area contributed by atoms with Crippen molar-refractivity contribution in [3.05, 3.63) is 33.1 Å². The van der Waals surface area contributed by atoms with Gasteiger partial charge in [-0.3, -0.25) is 4.79 Å². The Morgan fingerprint density at radius 2 is 2.06 bits per heavy atom. The molecule has 0 saturated heterocycles. The summed E-state index contributed by atoms with van der Waals surface area (Å²) in [5, 5.41) is 8.91. The molecule has 0 fully saturated rings. The number of halogens is 1. The zero-order chi connectivity index (χ0) is 12.8. The quantitative estimate of drug-likeness (QED) is 0.908. The predicted octanol–water partition coefficient (Wildman–Crippen LogP) is 2.30. The van der Waals surface area contributed by atoms with E-state index in [0.29, 0.717) is 10.0 Å². The van der Waals surface area contributed by atoms with E-state index in [0.717, 1.165) is 0 Å². The molecular formula is C11H9BrO4S. The molecule has 1 aliphatic rings. The normalized spacial score (nSPS) is 18.4. The molecule has 0 aliphatic carbocycles. The Kier molecular flexibility index (Phi) is 2.87. The van der Waals surface area contributed by atoms with Crippen LogP contribution in [0.15, 0.2) is 32.5 Å². The Labute approximate surface area is 107 Å². The number of carbonyl (C=O) groups is 1. The van der Waals surface area contributed by atoms with Crippen LogP contribution in [0.3, 0.4) is 0 Å². The van der Waals surface area contributed by atoms with Gasteiger partial charge in [0.2, 0.25) is 9.84 Å². The minimum Gasteiger partial charge on any atom is -0.481 e. The molecule has 2 rings (SSSR count). The van der Waals surface area contributed by atoms with Crippen LogP contribution in [0.5, 0.6) is 0 Å². The summed E-state index contributed by atoms with van der Waals surface area (Å²) < 4.78 is 24.9. The molecule has 1 heterocycles. The number of hydrogen-bond acceptors (Lipinski definition) is 3. The topological polar surface area (TPSA) is 71.4 Å². The number of aliphatic carboxylic acids is 1. The SMILES string of the molecule is CC(C(=O)O)C1=Cc2c(Br)cccc2S1(=O)=O. The molecule has 0 amide bonds. The van der Waals surface area contributed by atoms with Crippen molar-refractivity contribution in [3.63, 3.8) is 0 Å². The maximum Gasteiger partial charge on any atom is 0.311 e. The van der Waals surface area contributed by atoms with Gasteiger partial charge in [-0.2, -0.15) is 0 Å². The second-order valence-corrected chi connectivity index (χ2v) is 6.53.